The van der Waals surface area contributed by atoms with Crippen molar-refractivity contribution in [2.75, 3.05) is 24.7 Å². The number of aromatic nitrogens is 2. The van der Waals surface area contributed by atoms with Gasteiger partial charge in [-0.15, -0.1) is 0 Å². The summed E-state index contributed by atoms with van der Waals surface area (Å²) in [6.45, 7) is 9.07. The monoisotopic (exact) mass is 394 g/mol. The van der Waals surface area contributed by atoms with E-state index in [1.54, 1.807) is 6.33 Å². The molecule has 1 aromatic rings. The summed E-state index contributed by atoms with van der Waals surface area (Å²) in [5.41, 5.74) is 4.19. The summed E-state index contributed by atoms with van der Waals surface area (Å²) in [4.78, 5) is 16.2. The van der Waals surface area contributed by atoms with Crippen molar-refractivity contribution in [2.24, 2.45) is 10.9 Å². The minimum absolute atomic E-state index is 0.0813. The normalized spacial score (nSPS) is 27.6. The third kappa shape index (κ3) is 3.88. The molecule has 154 valence electrons. The first-order valence-electron chi connectivity index (χ1n) is 10.9. The minimum Gasteiger partial charge on any atom is -0.377 e. The zero-order valence-electron chi connectivity index (χ0n) is 17.6. The molecule has 3 heterocycles. The maximum absolute atomic E-state index is 6.27. The average molecular weight is 395 g/mol. The molecule has 6 nitrogen and oxygen atoms in total. The van der Waals surface area contributed by atoms with Gasteiger partial charge >= 0.3 is 0 Å². The van der Waals surface area contributed by atoms with Gasteiger partial charge in [0.1, 0.15) is 12.1 Å². The number of morpholine rings is 1. The van der Waals surface area contributed by atoms with E-state index in [2.05, 4.69) is 53.9 Å². The van der Waals surface area contributed by atoms with E-state index in [1.165, 1.54) is 5.57 Å². The van der Waals surface area contributed by atoms with Crippen molar-refractivity contribution in [2.45, 2.75) is 64.2 Å². The average Bonchev–Trinajstić information content (AvgIpc) is 3.41. The van der Waals surface area contributed by atoms with Crippen LogP contribution in [0.15, 0.2) is 40.8 Å². The van der Waals surface area contributed by atoms with Crippen molar-refractivity contribution in [1.82, 2.24) is 9.97 Å². The van der Waals surface area contributed by atoms with E-state index in [4.69, 9.17) is 14.5 Å². The van der Waals surface area contributed by atoms with E-state index < -0.39 is 0 Å². The number of nitrogens with zero attached hydrogens (tertiary/aromatic N) is 4. The van der Waals surface area contributed by atoms with E-state index in [-0.39, 0.29) is 11.7 Å². The molecule has 0 N–H and O–H groups in total. The van der Waals surface area contributed by atoms with Crippen molar-refractivity contribution < 1.29 is 9.47 Å². The van der Waals surface area contributed by atoms with Gasteiger partial charge in [0.25, 0.3) is 0 Å². The molecular formula is C23H30N4O2. The third-order valence-corrected chi connectivity index (χ3v) is 6.21. The molecule has 0 aromatic carbocycles. The Morgan fingerprint density at radius 3 is 2.97 bits per heavy atom. The SMILES string of the molecule is CC(C)CC1COCCN1c1cc(C2=NC3=CCC(OC4(C)CC4)C=C32)ncn1. The Morgan fingerprint density at radius 1 is 1.31 bits per heavy atom. The van der Waals surface area contributed by atoms with Crippen molar-refractivity contribution in [3.05, 3.63) is 41.5 Å². The van der Waals surface area contributed by atoms with Gasteiger partial charge in [0.15, 0.2) is 0 Å². The van der Waals surface area contributed by atoms with Crippen molar-refractivity contribution >= 4 is 11.5 Å². The molecule has 1 saturated carbocycles. The van der Waals surface area contributed by atoms with Crippen LogP contribution in [0.25, 0.3) is 0 Å². The number of hydrogen-bond donors (Lipinski definition) is 0. The molecule has 0 amide bonds. The van der Waals surface area contributed by atoms with Gasteiger partial charge in [-0.05, 0) is 44.6 Å². The predicted octanol–water partition coefficient (Wildman–Crippen LogP) is 3.68. The maximum Gasteiger partial charge on any atom is 0.133 e. The molecule has 5 rings (SSSR count). The Labute approximate surface area is 172 Å². The summed E-state index contributed by atoms with van der Waals surface area (Å²) in [6, 6.07) is 2.44. The molecule has 2 atom stereocenters. The fourth-order valence-electron chi connectivity index (χ4n) is 4.38. The van der Waals surface area contributed by atoms with Crippen LogP contribution in [0.5, 0.6) is 0 Å². The highest BCUT2D eigenvalue weighted by molar-refractivity contribution is 6.20. The Kier molecular flexibility index (Phi) is 4.79. The molecule has 0 radical (unpaired) electrons. The highest BCUT2D eigenvalue weighted by Crippen LogP contribution is 2.42. The lowest BCUT2D eigenvalue weighted by atomic mass is 9.90. The molecule has 0 spiro atoms. The van der Waals surface area contributed by atoms with Crippen LogP contribution in [-0.2, 0) is 9.47 Å². The molecule has 29 heavy (non-hydrogen) atoms. The lowest BCUT2D eigenvalue weighted by molar-refractivity contribution is 0.00683. The third-order valence-electron chi connectivity index (χ3n) is 6.21. The van der Waals surface area contributed by atoms with Crippen molar-refractivity contribution in [3.63, 3.8) is 0 Å². The number of rotatable bonds is 6. The number of hydrogen-bond acceptors (Lipinski definition) is 6. The molecule has 2 aliphatic carbocycles. The highest BCUT2D eigenvalue weighted by Gasteiger charge is 2.41. The van der Waals surface area contributed by atoms with Gasteiger partial charge in [0, 0.05) is 18.2 Å². The van der Waals surface area contributed by atoms with Gasteiger partial charge in [0.05, 0.1) is 48.1 Å². The Hall–Kier alpha value is -2.05. The molecule has 4 aliphatic rings. The second kappa shape index (κ2) is 7.33. The molecule has 0 bridgehead atoms. The Bertz CT molecular complexity index is 885. The lowest BCUT2D eigenvalue weighted by Gasteiger charge is -2.37. The second-order valence-corrected chi connectivity index (χ2v) is 9.29. The van der Waals surface area contributed by atoms with Crippen LogP contribution in [0.4, 0.5) is 5.82 Å². The molecule has 2 fully saturated rings. The van der Waals surface area contributed by atoms with E-state index in [0.29, 0.717) is 12.0 Å². The lowest BCUT2D eigenvalue weighted by Crippen LogP contribution is -2.46. The van der Waals surface area contributed by atoms with Crippen LogP contribution in [0.1, 0.15) is 52.1 Å². The van der Waals surface area contributed by atoms with Gasteiger partial charge in [0.2, 0.25) is 0 Å². The maximum atomic E-state index is 6.27. The van der Waals surface area contributed by atoms with E-state index in [1.807, 2.05) is 0 Å². The largest absolute Gasteiger partial charge is 0.377 e. The predicted molar refractivity (Wildman–Crippen MR) is 113 cm³/mol. The van der Waals surface area contributed by atoms with Crippen LogP contribution in [0.2, 0.25) is 0 Å². The minimum atomic E-state index is 0.0813. The first-order valence-corrected chi connectivity index (χ1v) is 10.9. The Balaban J connectivity index is 1.37. The number of ether oxygens (including phenoxy) is 2. The number of anilines is 1. The van der Waals surface area contributed by atoms with Crippen LogP contribution < -0.4 is 4.90 Å². The molecule has 2 unspecified atom stereocenters. The Morgan fingerprint density at radius 2 is 2.17 bits per heavy atom. The topological polar surface area (TPSA) is 59.8 Å². The van der Waals surface area contributed by atoms with Crippen molar-refractivity contribution in [3.8, 4) is 0 Å². The zero-order chi connectivity index (χ0) is 20.0. The van der Waals surface area contributed by atoms with Gasteiger partial charge in [-0.25, -0.2) is 15.0 Å². The number of allylic oxidation sites excluding steroid dienone is 1. The standard InChI is InChI=1S/C23H30N4O2/c1-15(2)10-16-13-28-9-8-27(16)21-12-20(24-14-25-21)22-18-11-17(4-5-19(18)26-22)29-23(3)6-7-23/h5,11-12,14-17H,4,6-10,13H2,1-3H3. The highest BCUT2D eigenvalue weighted by atomic mass is 16.5. The summed E-state index contributed by atoms with van der Waals surface area (Å²) in [5.74, 6) is 1.59. The van der Waals surface area contributed by atoms with Gasteiger partial charge in [-0.2, -0.15) is 0 Å². The van der Waals surface area contributed by atoms with Crippen LogP contribution >= 0.6 is 0 Å². The number of fused-ring (bicyclic) bond motifs is 1. The quantitative estimate of drug-likeness (QED) is 0.737. The smallest absolute Gasteiger partial charge is 0.133 e. The van der Waals surface area contributed by atoms with Crippen molar-refractivity contribution in [1.29, 1.82) is 0 Å². The van der Waals surface area contributed by atoms with Gasteiger partial charge in [-0.3, -0.25) is 0 Å². The fraction of sp³-hybridized carbons (Fsp3) is 0.609. The number of aliphatic imine (C=N–C) groups is 1. The second-order valence-electron chi connectivity index (χ2n) is 9.29. The van der Waals surface area contributed by atoms with Crippen LogP contribution in [0.3, 0.4) is 0 Å². The summed E-state index contributed by atoms with van der Waals surface area (Å²) < 4.78 is 12.0. The molecule has 1 saturated heterocycles. The van der Waals surface area contributed by atoms with E-state index >= 15 is 0 Å². The summed E-state index contributed by atoms with van der Waals surface area (Å²) in [6.07, 6.45) is 10.6. The molecule has 2 aliphatic heterocycles. The summed E-state index contributed by atoms with van der Waals surface area (Å²) >= 11 is 0. The van der Waals surface area contributed by atoms with Gasteiger partial charge < -0.3 is 14.4 Å². The molecular weight excluding hydrogens is 364 g/mol. The first-order chi connectivity index (χ1) is 14.0. The van der Waals surface area contributed by atoms with Gasteiger partial charge in [-0.1, -0.05) is 19.9 Å². The first kappa shape index (κ1) is 18.9. The van der Waals surface area contributed by atoms with Crippen LogP contribution in [0, 0.1) is 5.92 Å². The molecule has 6 heteroatoms. The summed E-state index contributed by atoms with van der Waals surface area (Å²) in [5, 5.41) is 0. The fourth-order valence-corrected chi connectivity index (χ4v) is 4.38. The zero-order valence-corrected chi connectivity index (χ0v) is 17.6. The summed E-state index contributed by atoms with van der Waals surface area (Å²) in [7, 11) is 0. The molecule has 1 aromatic heterocycles. The van der Waals surface area contributed by atoms with Crippen LogP contribution in [-0.4, -0.2) is 53.2 Å². The van der Waals surface area contributed by atoms with E-state index in [9.17, 15) is 0 Å². The van der Waals surface area contributed by atoms with E-state index in [0.717, 1.165) is 68.4 Å².